The molecule has 1 aromatic carbocycles. The second kappa shape index (κ2) is 5.84. The zero-order valence-electron chi connectivity index (χ0n) is 9.93. The first kappa shape index (κ1) is 13.0. The fourth-order valence-electron chi connectivity index (χ4n) is 1.23. The van der Waals surface area contributed by atoms with Crippen LogP contribution in [0.1, 0.15) is 18.1 Å². The third-order valence-corrected chi connectivity index (χ3v) is 2.27. The van der Waals surface area contributed by atoms with Gasteiger partial charge in [0.15, 0.2) is 5.71 Å². The molecule has 0 saturated carbocycles. The summed E-state index contributed by atoms with van der Waals surface area (Å²) in [5, 5.41) is 12.1. The maximum atomic E-state index is 10.5. The van der Waals surface area contributed by atoms with E-state index in [1.807, 2.05) is 31.2 Å². The summed E-state index contributed by atoms with van der Waals surface area (Å²) in [6.45, 7) is 7.06. The molecule has 1 rings (SSSR count). The minimum absolute atomic E-state index is 0.101. The van der Waals surface area contributed by atoms with Crippen LogP contribution in [0.3, 0.4) is 0 Å². The Balaban J connectivity index is 2.60. The fourth-order valence-corrected chi connectivity index (χ4v) is 1.23. The third-order valence-electron chi connectivity index (χ3n) is 2.27. The summed E-state index contributed by atoms with van der Waals surface area (Å²) < 4.78 is 0. The highest BCUT2D eigenvalue weighted by Gasteiger charge is 2.04. The number of carboxylic acids is 1. The van der Waals surface area contributed by atoms with Gasteiger partial charge < -0.3 is 9.94 Å². The molecule has 0 aliphatic carbocycles. The topological polar surface area (TPSA) is 58.9 Å². The molecule has 4 nitrogen and oxygen atoms in total. The molecule has 17 heavy (non-hydrogen) atoms. The second-order valence-corrected chi connectivity index (χ2v) is 3.72. The van der Waals surface area contributed by atoms with Crippen LogP contribution in [0.15, 0.2) is 41.8 Å². The van der Waals surface area contributed by atoms with Gasteiger partial charge in [0, 0.05) is 6.42 Å². The van der Waals surface area contributed by atoms with Crippen molar-refractivity contribution in [3.05, 3.63) is 47.7 Å². The van der Waals surface area contributed by atoms with E-state index in [1.54, 1.807) is 0 Å². The largest absolute Gasteiger partial charge is 0.477 e. The van der Waals surface area contributed by atoms with Crippen LogP contribution in [-0.4, -0.2) is 16.8 Å². The van der Waals surface area contributed by atoms with E-state index in [4.69, 9.17) is 9.94 Å². The number of hydrogen-bond acceptors (Lipinski definition) is 3. The number of benzene rings is 1. The van der Waals surface area contributed by atoms with Gasteiger partial charge >= 0.3 is 5.97 Å². The lowest BCUT2D eigenvalue weighted by Gasteiger charge is -2.06. The molecule has 0 aliphatic heterocycles. The van der Waals surface area contributed by atoms with Crippen LogP contribution in [0.5, 0.6) is 0 Å². The number of nitrogens with zero attached hydrogens (tertiary/aromatic N) is 1. The standard InChI is InChI=1S/C13H15NO3/c1-9-6-4-5-7-12(9)8-10(2)17-14-11(3)13(15)16/h4-7H,2,8H2,1,3H3,(H,15,16)/b14-11+. The molecule has 4 heteroatoms. The van der Waals surface area contributed by atoms with E-state index < -0.39 is 5.97 Å². The Labute approximate surface area is 100 Å². The van der Waals surface area contributed by atoms with Gasteiger partial charge in [0.1, 0.15) is 5.76 Å². The minimum Gasteiger partial charge on any atom is -0.477 e. The quantitative estimate of drug-likeness (QED) is 0.483. The molecule has 0 radical (unpaired) electrons. The maximum Gasteiger partial charge on any atom is 0.353 e. The summed E-state index contributed by atoms with van der Waals surface area (Å²) in [5.41, 5.74) is 2.12. The third kappa shape index (κ3) is 4.10. The van der Waals surface area contributed by atoms with Crippen LogP contribution in [0.2, 0.25) is 0 Å². The van der Waals surface area contributed by atoms with E-state index in [0.717, 1.165) is 11.1 Å². The van der Waals surface area contributed by atoms with Crippen molar-refractivity contribution < 1.29 is 14.7 Å². The molecular formula is C13H15NO3. The van der Waals surface area contributed by atoms with Crippen molar-refractivity contribution >= 4 is 11.7 Å². The predicted octanol–water partition coefficient (Wildman–Crippen LogP) is 2.53. The van der Waals surface area contributed by atoms with Gasteiger partial charge in [-0.15, -0.1) is 0 Å². The minimum atomic E-state index is -1.10. The summed E-state index contributed by atoms with van der Waals surface area (Å²) in [6, 6.07) is 7.85. The highest BCUT2D eigenvalue weighted by molar-refractivity contribution is 6.34. The van der Waals surface area contributed by atoms with E-state index in [2.05, 4.69) is 11.7 Å². The Morgan fingerprint density at radius 1 is 1.47 bits per heavy atom. The number of aliphatic carboxylic acids is 1. The number of aryl methyl sites for hydroxylation is 1. The second-order valence-electron chi connectivity index (χ2n) is 3.72. The van der Waals surface area contributed by atoms with Crippen LogP contribution in [-0.2, 0) is 16.1 Å². The smallest absolute Gasteiger partial charge is 0.353 e. The Kier molecular flexibility index (Phi) is 4.46. The lowest BCUT2D eigenvalue weighted by Crippen LogP contribution is -2.08. The van der Waals surface area contributed by atoms with E-state index in [-0.39, 0.29) is 5.71 Å². The SMILES string of the molecule is C=C(Cc1ccccc1C)O/N=C(\C)C(=O)O. The number of hydrogen-bond donors (Lipinski definition) is 1. The van der Waals surface area contributed by atoms with Crippen molar-refractivity contribution in [2.45, 2.75) is 20.3 Å². The molecule has 0 fully saturated rings. The maximum absolute atomic E-state index is 10.5. The van der Waals surface area contributed by atoms with Crippen LogP contribution < -0.4 is 0 Å². The Hall–Kier alpha value is -2.10. The average molecular weight is 233 g/mol. The van der Waals surface area contributed by atoms with Crippen molar-refractivity contribution in [1.82, 2.24) is 0 Å². The Bertz CT molecular complexity index is 463. The van der Waals surface area contributed by atoms with Crippen molar-refractivity contribution in [2.24, 2.45) is 5.16 Å². The average Bonchev–Trinajstić information content (AvgIpc) is 2.29. The fraction of sp³-hybridized carbons (Fsp3) is 0.231. The normalized spacial score (nSPS) is 11.1. The van der Waals surface area contributed by atoms with E-state index in [9.17, 15) is 4.79 Å². The lowest BCUT2D eigenvalue weighted by atomic mass is 10.1. The molecule has 0 amide bonds. The van der Waals surface area contributed by atoms with Gasteiger partial charge in [-0.05, 0) is 25.0 Å². The summed E-state index contributed by atoms with van der Waals surface area (Å²) in [7, 11) is 0. The summed E-state index contributed by atoms with van der Waals surface area (Å²) in [5.74, 6) is -0.686. The molecule has 0 bridgehead atoms. The van der Waals surface area contributed by atoms with Gasteiger partial charge in [-0.1, -0.05) is 36.0 Å². The number of carboxylic acid groups (broad SMARTS) is 1. The Morgan fingerprint density at radius 3 is 2.71 bits per heavy atom. The van der Waals surface area contributed by atoms with Gasteiger partial charge in [0.05, 0.1) is 0 Å². The van der Waals surface area contributed by atoms with Gasteiger partial charge in [0.25, 0.3) is 0 Å². The number of carbonyl (C=O) groups is 1. The van der Waals surface area contributed by atoms with E-state index in [1.165, 1.54) is 6.92 Å². The summed E-state index contributed by atoms with van der Waals surface area (Å²) in [4.78, 5) is 15.4. The first-order chi connectivity index (χ1) is 8.00. The first-order valence-electron chi connectivity index (χ1n) is 5.18. The molecule has 1 N–H and O–H groups in total. The molecule has 90 valence electrons. The molecule has 0 saturated heterocycles. The monoisotopic (exact) mass is 233 g/mol. The molecule has 0 atom stereocenters. The molecule has 0 spiro atoms. The summed E-state index contributed by atoms with van der Waals surface area (Å²) >= 11 is 0. The van der Waals surface area contributed by atoms with Crippen LogP contribution in [0.25, 0.3) is 0 Å². The zero-order valence-corrected chi connectivity index (χ0v) is 9.93. The van der Waals surface area contributed by atoms with E-state index in [0.29, 0.717) is 12.2 Å². The van der Waals surface area contributed by atoms with Gasteiger partial charge in [-0.3, -0.25) is 0 Å². The van der Waals surface area contributed by atoms with Crippen molar-refractivity contribution in [1.29, 1.82) is 0 Å². The van der Waals surface area contributed by atoms with Crippen LogP contribution in [0.4, 0.5) is 0 Å². The van der Waals surface area contributed by atoms with Crippen molar-refractivity contribution in [2.75, 3.05) is 0 Å². The molecule has 0 heterocycles. The Morgan fingerprint density at radius 2 is 2.12 bits per heavy atom. The molecular weight excluding hydrogens is 218 g/mol. The van der Waals surface area contributed by atoms with Crippen molar-refractivity contribution in [3.63, 3.8) is 0 Å². The molecule has 0 aliphatic rings. The molecule has 0 aromatic heterocycles. The molecule has 1 aromatic rings. The zero-order chi connectivity index (χ0) is 12.8. The number of rotatable bonds is 5. The number of oxime groups is 1. The van der Waals surface area contributed by atoms with E-state index >= 15 is 0 Å². The summed E-state index contributed by atoms with van der Waals surface area (Å²) in [6.07, 6.45) is 0.517. The van der Waals surface area contributed by atoms with Crippen LogP contribution in [0, 0.1) is 6.92 Å². The van der Waals surface area contributed by atoms with Gasteiger partial charge in [-0.2, -0.15) is 0 Å². The van der Waals surface area contributed by atoms with Gasteiger partial charge in [-0.25, -0.2) is 4.79 Å². The molecule has 0 unspecified atom stereocenters. The van der Waals surface area contributed by atoms with Gasteiger partial charge in [0.2, 0.25) is 0 Å². The highest BCUT2D eigenvalue weighted by atomic mass is 16.6. The predicted molar refractivity (Wildman–Crippen MR) is 65.9 cm³/mol. The first-order valence-corrected chi connectivity index (χ1v) is 5.18. The number of allylic oxidation sites excluding steroid dienone is 1. The highest BCUT2D eigenvalue weighted by Crippen LogP contribution is 2.12. The van der Waals surface area contributed by atoms with Crippen LogP contribution >= 0.6 is 0 Å². The lowest BCUT2D eigenvalue weighted by molar-refractivity contribution is -0.129. The van der Waals surface area contributed by atoms with Crippen molar-refractivity contribution in [3.8, 4) is 0 Å².